The normalized spacial score (nSPS) is 24.7. The van der Waals surface area contributed by atoms with E-state index in [2.05, 4.69) is 72.0 Å². The van der Waals surface area contributed by atoms with Gasteiger partial charge < -0.3 is 20.1 Å². The van der Waals surface area contributed by atoms with E-state index in [0.29, 0.717) is 18.0 Å². The second-order valence-corrected chi connectivity index (χ2v) is 8.65. The van der Waals surface area contributed by atoms with Gasteiger partial charge >= 0.3 is 0 Å². The Balaban J connectivity index is 1.64. The van der Waals surface area contributed by atoms with Crippen molar-refractivity contribution >= 4 is 40.9 Å². The average Bonchev–Trinajstić information content (AvgIpc) is 3.07. The lowest BCUT2D eigenvalue weighted by molar-refractivity contribution is 0.133. The van der Waals surface area contributed by atoms with Gasteiger partial charge in [-0.05, 0) is 68.7 Å². The molecule has 3 atom stereocenters. The van der Waals surface area contributed by atoms with E-state index in [-0.39, 0.29) is 0 Å². The van der Waals surface area contributed by atoms with Crippen molar-refractivity contribution in [2.45, 2.75) is 50.4 Å². The number of benzene rings is 1. The van der Waals surface area contributed by atoms with E-state index in [1.54, 1.807) is 0 Å². The molecule has 0 radical (unpaired) electrons. The number of fused-ring (bicyclic) bond motifs is 2. The number of likely N-dealkylation sites (tertiary alicyclic amines) is 1. The molecule has 0 saturated carbocycles. The number of likely N-dealkylation sites (N-methyl/N-ethyl adjacent to an activating group) is 1. The Kier molecular flexibility index (Phi) is 5.41. The number of H-pyrrole nitrogens is 1. The predicted molar refractivity (Wildman–Crippen MR) is 121 cm³/mol. The Morgan fingerprint density at radius 2 is 2.15 bits per heavy atom. The van der Waals surface area contributed by atoms with Crippen LogP contribution < -0.4 is 5.32 Å². The summed E-state index contributed by atoms with van der Waals surface area (Å²) in [6.07, 6.45) is 4.47. The highest BCUT2D eigenvalue weighted by Gasteiger charge is 2.39. The Labute approximate surface area is 173 Å². The summed E-state index contributed by atoms with van der Waals surface area (Å²) >= 11 is 10.2. The molecular weight excluding hydrogens is 372 g/mol. The lowest BCUT2D eigenvalue weighted by Gasteiger charge is -2.46. The zero-order valence-corrected chi connectivity index (χ0v) is 18.2. The van der Waals surface area contributed by atoms with Gasteiger partial charge in [0.1, 0.15) is 0 Å². The summed E-state index contributed by atoms with van der Waals surface area (Å²) in [7, 11) is 2.27. The molecule has 1 saturated heterocycles. The van der Waals surface area contributed by atoms with Crippen LogP contribution in [0.2, 0.25) is 0 Å². The smallest absolute Gasteiger partial charge is 0.169 e. The molecule has 146 valence electrons. The molecule has 1 unspecified atom stereocenters. The molecule has 2 aliphatic rings. The minimum Gasteiger partial charge on any atom is -0.361 e. The maximum absolute atomic E-state index is 5.67. The van der Waals surface area contributed by atoms with Crippen LogP contribution in [0.5, 0.6) is 0 Å². The molecule has 1 aromatic carbocycles. The summed E-state index contributed by atoms with van der Waals surface area (Å²) in [6, 6.07) is 5.60. The fourth-order valence-corrected chi connectivity index (χ4v) is 5.66. The Bertz CT molecular complexity index is 842. The standard InChI is InChI=1S/C21H30N4S2/c1-4-25(5-2)21(27)23-15-9-16-17-6-13(12-26)7-18-20(17)14(10-22-18)8-19(16)24(3)11-15/h6-7,10,15-16,19,22,26H,4-5,8-9,11-12H2,1-3H3,(H,23,27)/t15?,16-,19-/m1/s1. The summed E-state index contributed by atoms with van der Waals surface area (Å²) in [5.74, 6) is 1.31. The number of hydrogen-bond acceptors (Lipinski definition) is 3. The summed E-state index contributed by atoms with van der Waals surface area (Å²) in [6.45, 7) is 7.27. The molecule has 1 fully saturated rings. The number of piperidine rings is 1. The quantitative estimate of drug-likeness (QED) is 0.540. The van der Waals surface area contributed by atoms with E-state index in [9.17, 15) is 0 Å². The van der Waals surface area contributed by atoms with Crippen LogP contribution in [-0.4, -0.2) is 58.7 Å². The third kappa shape index (κ3) is 3.36. The first kappa shape index (κ1) is 19.1. The summed E-state index contributed by atoms with van der Waals surface area (Å²) in [4.78, 5) is 8.26. The molecule has 2 N–H and O–H groups in total. The highest BCUT2D eigenvalue weighted by molar-refractivity contribution is 7.80. The molecule has 2 heterocycles. The fraction of sp³-hybridized carbons (Fsp3) is 0.571. The third-order valence-electron chi connectivity index (χ3n) is 6.42. The van der Waals surface area contributed by atoms with Gasteiger partial charge in [0.05, 0.1) is 0 Å². The van der Waals surface area contributed by atoms with Gasteiger partial charge in [-0.2, -0.15) is 12.6 Å². The van der Waals surface area contributed by atoms with Crippen LogP contribution in [0.15, 0.2) is 18.3 Å². The zero-order valence-electron chi connectivity index (χ0n) is 16.5. The van der Waals surface area contributed by atoms with Gasteiger partial charge in [0.2, 0.25) is 0 Å². The Morgan fingerprint density at radius 3 is 2.85 bits per heavy atom. The van der Waals surface area contributed by atoms with Crippen LogP contribution in [0, 0.1) is 0 Å². The van der Waals surface area contributed by atoms with E-state index < -0.39 is 0 Å². The maximum atomic E-state index is 5.67. The number of aromatic nitrogens is 1. The van der Waals surface area contributed by atoms with Crippen LogP contribution in [0.25, 0.3) is 10.9 Å². The van der Waals surface area contributed by atoms with E-state index >= 15 is 0 Å². The SMILES string of the molecule is CCN(CC)C(=S)NC1C[C@@H]2c3cc(CS)cc4[nH]cc(c34)C[C@H]2N(C)C1. The van der Waals surface area contributed by atoms with Crippen molar-refractivity contribution in [1.29, 1.82) is 0 Å². The van der Waals surface area contributed by atoms with Crippen LogP contribution in [-0.2, 0) is 12.2 Å². The first-order valence-electron chi connectivity index (χ1n) is 10.0. The molecule has 6 heteroatoms. The second kappa shape index (κ2) is 7.64. The molecule has 1 aliphatic carbocycles. The van der Waals surface area contributed by atoms with Crippen molar-refractivity contribution in [3.05, 3.63) is 35.0 Å². The first-order valence-corrected chi connectivity index (χ1v) is 11.1. The van der Waals surface area contributed by atoms with Gasteiger partial charge in [-0.15, -0.1) is 0 Å². The number of thiol groups is 1. The topological polar surface area (TPSA) is 34.3 Å². The lowest BCUT2D eigenvalue weighted by Crippen LogP contribution is -2.56. The number of rotatable bonds is 4. The van der Waals surface area contributed by atoms with Gasteiger partial charge in [-0.1, -0.05) is 6.07 Å². The molecule has 0 amide bonds. The number of hydrogen-bond donors (Lipinski definition) is 3. The van der Waals surface area contributed by atoms with Crippen molar-refractivity contribution in [1.82, 2.24) is 20.1 Å². The average molecular weight is 403 g/mol. The molecule has 27 heavy (non-hydrogen) atoms. The molecule has 0 bridgehead atoms. The summed E-state index contributed by atoms with van der Waals surface area (Å²) in [5.41, 5.74) is 5.52. The Hall–Kier alpha value is -1.24. The molecule has 4 rings (SSSR count). The monoisotopic (exact) mass is 402 g/mol. The zero-order chi connectivity index (χ0) is 19.1. The van der Waals surface area contributed by atoms with Crippen molar-refractivity contribution < 1.29 is 0 Å². The molecule has 0 spiro atoms. The van der Waals surface area contributed by atoms with E-state index in [1.807, 2.05) is 0 Å². The summed E-state index contributed by atoms with van der Waals surface area (Å²) < 4.78 is 0. The molecule has 2 aromatic rings. The van der Waals surface area contributed by atoms with Crippen LogP contribution in [0.3, 0.4) is 0 Å². The molecule has 1 aliphatic heterocycles. The highest BCUT2D eigenvalue weighted by Crippen LogP contribution is 2.43. The minimum absolute atomic E-state index is 0.388. The molecular formula is C21H30N4S2. The number of nitrogens with zero attached hydrogens (tertiary/aromatic N) is 2. The summed E-state index contributed by atoms with van der Waals surface area (Å²) in [5, 5.41) is 5.99. The second-order valence-electron chi connectivity index (χ2n) is 7.95. The van der Waals surface area contributed by atoms with Crippen molar-refractivity contribution in [3.63, 3.8) is 0 Å². The third-order valence-corrected chi connectivity index (χ3v) is 7.16. The van der Waals surface area contributed by atoms with Crippen molar-refractivity contribution in [2.24, 2.45) is 0 Å². The van der Waals surface area contributed by atoms with Gasteiger partial charge in [0.15, 0.2) is 5.11 Å². The number of aromatic amines is 1. The fourth-order valence-electron chi connectivity index (χ4n) is 5.05. The van der Waals surface area contributed by atoms with Crippen LogP contribution in [0.1, 0.15) is 42.9 Å². The lowest BCUT2D eigenvalue weighted by atomic mass is 9.73. The van der Waals surface area contributed by atoms with Crippen molar-refractivity contribution in [2.75, 3.05) is 26.7 Å². The van der Waals surface area contributed by atoms with Gasteiger partial charge in [0, 0.05) is 60.5 Å². The van der Waals surface area contributed by atoms with E-state index in [4.69, 9.17) is 12.2 Å². The van der Waals surface area contributed by atoms with Crippen molar-refractivity contribution in [3.8, 4) is 0 Å². The number of thiocarbonyl (C=S) groups is 1. The number of nitrogens with one attached hydrogen (secondary N) is 2. The molecule has 1 aromatic heterocycles. The maximum Gasteiger partial charge on any atom is 0.169 e. The van der Waals surface area contributed by atoms with E-state index in [0.717, 1.165) is 43.3 Å². The van der Waals surface area contributed by atoms with Crippen LogP contribution >= 0.6 is 24.8 Å². The minimum atomic E-state index is 0.388. The largest absolute Gasteiger partial charge is 0.361 e. The van der Waals surface area contributed by atoms with Gasteiger partial charge in [0.25, 0.3) is 0 Å². The predicted octanol–water partition coefficient (Wildman–Crippen LogP) is 3.53. The first-order chi connectivity index (χ1) is 13.0. The highest BCUT2D eigenvalue weighted by atomic mass is 32.1. The Morgan fingerprint density at radius 1 is 1.37 bits per heavy atom. The molecule has 4 nitrogen and oxygen atoms in total. The van der Waals surface area contributed by atoms with Gasteiger partial charge in [-0.3, -0.25) is 0 Å². The van der Waals surface area contributed by atoms with E-state index in [1.165, 1.54) is 27.6 Å². The van der Waals surface area contributed by atoms with Gasteiger partial charge in [-0.25, -0.2) is 0 Å². The van der Waals surface area contributed by atoms with Crippen LogP contribution in [0.4, 0.5) is 0 Å².